The minimum Gasteiger partial charge on any atom is -0.394 e. The van der Waals surface area contributed by atoms with Crippen LogP contribution in [0.3, 0.4) is 0 Å². The van der Waals surface area contributed by atoms with E-state index in [1.807, 2.05) is 13.8 Å². The monoisotopic (exact) mass is 254 g/mol. The zero-order valence-corrected chi connectivity index (χ0v) is 10.8. The second-order valence-electron chi connectivity index (χ2n) is 3.03. The van der Waals surface area contributed by atoms with Crippen molar-refractivity contribution in [1.82, 2.24) is 0 Å². The number of hydrogen-bond acceptors (Lipinski definition) is 6. The van der Waals surface area contributed by atoms with E-state index in [1.165, 1.54) is 0 Å². The molecule has 0 atom stereocenters. The Morgan fingerprint density at radius 1 is 0.765 bits per heavy atom. The molecule has 6 heteroatoms. The lowest BCUT2D eigenvalue weighted by Crippen LogP contribution is -2.15. The van der Waals surface area contributed by atoms with Crippen molar-refractivity contribution in [1.29, 1.82) is 0 Å². The van der Waals surface area contributed by atoms with Gasteiger partial charge in [-0.1, -0.05) is 0 Å². The first-order chi connectivity index (χ1) is 8.22. The molecule has 0 aromatic carbocycles. The maximum absolute atomic E-state index is 8.17. The standard InChI is InChI=1S/C8H18O3.C3H8O3/c1-3-9-5-7-11-8-6-10-4-2;4-1-3(6)2-5/h3-8H2,1-2H3;3-6H,1-2H2. The molecule has 0 aromatic rings. The molecule has 0 rings (SSSR count). The summed E-state index contributed by atoms with van der Waals surface area (Å²) < 4.78 is 15.3. The van der Waals surface area contributed by atoms with E-state index in [1.54, 1.807) is 0 Å². The number of rotatable bonds is 10. The van der Waals surface area contributed by atoms with Gasteiger partial charge in [-0.05, 0) is 13.8 Å². The molecule has 0 heterocycles. The molecule has 3 N–H and O–H groups in total. The molecule has 0 saturated heterocycles. The number of aliphatic hydroxyl groups is 3. The van der Waals surface area contributed by atoms with Gasteiger partial charge in [0, 0.05) is 13.2 Å². The molecule has 0 saturated carbocycles. The van der Waals surface area contributed by atoms with Crippen molar-refractivity contribution in [3.05, 3.63) is 0 Å². The third-order valence-corrected chi connectivity index (χ3v) is 1.57. The first-order valence-corrected chi connectivity index (χ1v) is 5.85. The van der Waals surface area contributed by atoms with Crippen LogP contribution < -0.4 is 0 Å². The second kappa shape index (κ2) is 18.1. The van der Waals surface area contributed by atoms with Crippen molar-refractivity contribution in [2.24, 2.45) is 0 Å². The molecule has 0 fully saturated rings. The molecule has 0 unspecified atom stereocenters. The maximum Gasteiger partial charge on any atom is 0.100 e. The van der Waals surface area contributed by atoms with Crippen molar-refractivity contribution < 1.29 is 29.5 Å². The van der Waals surface area contributed by atoms with Crippen LogP contribution in [0.4, 0.5) is 0 Å². The first-order valence-electron chi connectivity index (χ1n) is 5.85. The molecule has 0 amide bonds. The van der Waals surface area contributed by atoms with Crippen molar-refractivity contribution >= 4 is 0 Å². The summed E-state index contributed by atoms with van der Waals surface area (Å²) in [6.07, 6.45) is -0.954. The number of ether oxygens (including phenoxy) is 3. The third kappa shape index (κ3) is 21.6. The van der Waals surface area contributed by atoms with Gasteiger partial charge >= 0.3 is 0 Å². The van der Waals surface area contributed by atoms with Gasteiger partial charge in [0.1, 0.15) is 6.10 Å². The highest BCUT2D eigenvalue weighted by molar-refractivity contribution is 4.44. The quantitative estimate of drug-likeness (QED) is 0.452. The molecule has 0 radical (unpaired) electrons. The van der Waals surface area contributed by atoms with Gasteiger partial charge in [-0.3, -0.25) is 0 Å². The smallest absolute Gasteiger partial charge is 0.100 e. The largest absolute Gasteiger partial charge is 0.394 e. The normalized spacial score (nSPS) is 10.2. The Morgan fingerprint density at radius 3 is 1.35 bits per heavy atom. The van der Waals surface area contributed by atoms with Crippen molar-refractivity contribution in [3.63, 3.8) is 0 Å². The minimum absolute atomic E-state index is 0.365. The fourth-order valence-electron chi connectivity index (χ4n) is 0.684. The summed E-state index contributed by atoms with van der Waals surface area (Å²) in [5.74, 6) is 0. The van der Waals surface area contributed by atoms with Crippen LogP contribution in [-0.4, -0.2) is 74.3 Å². The van der Waals surface area contributed by atoms with Crippen LogP contribution >= 0.6 is 0 Å². The average molecular weight is 254 g/mol. The highest BCUT2D eigenvalue weighted by Crippen LogP contribution is 1.79. The topological polar surface area (TPSA) is 88.4 Å². The fourth-order valence-corrected chi connectivity index (χ4v) is 0.684. The second-order valence-corrected chi connectivity index (χ2v) is 3.03. The van der Waals surface area contributed by atoms with E-state index in [4.69, 9.17) is 29.5 Å². The molecule has 0 bridgehead atoms. The van der Waals surface area contributed by atoms with Gasteiger partial charge in [-0.2, -0.15) is 0 Å². The Bertz CT molecular complexity index is 111. The SMILES string of the molecule is CCOCCOCCOCC.OCC(O)CO. The van der Waals surface area contributed by atoms with Crippen molar-refractivity contribution in [3.8, 4) is 0 Å². The molecule has 0 aliphatic rings. The van der Waals surface area contributed by atoms with Gasteiger partial charge in [0.15, 0.2) is 0 Å². The van der Waals surface area contributed by atoms with Crippen LogP contribution in [-0.2, 0) is 14.2 Å². The molecule has 17 heavy (non-hydrogen) atoms. The third-order valence-electron chi connectivity index (χ3n) is 1.57. The molecule has 0 aromatic heterocycles. The van der Waals surface area contributed by atoms with E-state index < -0.39 is 6.10 Å². The minimum atomic E-state index is -0.954. The summed E-state index contributed by atoms with van der Waals surface area (Å²) in [7, 11) is 0. The molecule has 0 aliphatic heterocycles. The van der Waals surface area contributed by atoms with Gasteiger partial charge in [0.05, 0.1) is 39.6 Å². The predicted molar refractivity (Wildman–Crippen MR) is 64.0 cm³/mol. The summed E-state index contributed by atoms with van der Waals surface area (Å²) in [4.78, 5) is 0. The molecular weight excluding hydrogens is 228 g/mol. The van der Waals surface area contributed by atoms with E-state index in [9.17, 15) is 0 Å². The van der Waals surface area contributed by atoms with Gasteiger partial charge in [-0.15, -0.1) is 0 Å². The van der Waals surface area contributed by atoms with Crippen LogP contribution in [0.1, 0.15) is 13.8 Å². The van der Waals surface area contributed by atoms with Crippen molar-refractivity contribution in [2.45, 2.75) is 20.0 Å². The summed E-state index contributed by atoms with van der Waals surface area (Å²) in [5.41, 5.74) is 0. The summed E-state index contributed by atoms with van der Waals surface area (Å²) in [6, 6.07) is 0. The Morgan fingerprint density at radius 2 is 1.12 bits per heavy atom. The lowest BCUT2D eigenvalue weighted by molar-refractivity contribution is 0.0195. The van der Waals surface area contributed by atoms with Crippen LogP contribution in [0.5, 0.6) is 0 Å². The van der Waals surface area contributed by atoms with E-state index >= 15 is 0 Å². The number of aliphatic hydroxyl groups excluding tert-OH is 3. The molecular formula is C11H26O6. The summed E-state index contributed by atoms with van der Waals surface area (Å²) in [6.45, 7) is 7.43. The predicted octanol–water partition coefficient (Wildman–Crippen LogP) is -0.592. The van der Waals surface area contributed by atoms with Gasteiger partial charge in [0.2, 0.25) is 0 Å². The van der Waals surface area contributed by atoms with Crippen LogP contribution in [0.25, 0.3) is 0 Å². The van der Waals surface area contributed by atoms with E-state index in [0.717, 1.165) is 13.2 Å². The summed E-state index contributed by atoms with van der Waals surface area (Å²) >= 11 is 0. The summed E-state index contributed by atoms with van der Waals surface area (Å²) in [5, 5.41) is 24.0. The van der Waals surface area contributed by atoms with Gasteiger partial charge < -0.3 is 29.5 Å². The molecule has 0 aliphatic carbocycles. The zero-order chi connectivity index (χ0) is 13.4. The lowest BCUT2D eigenvalue weighted by Gasteiger charge is -2.03. The first kappa shape index (κ1) is 19.1. The van der Waals surface area contributed by atoms with Crippen LogP contribution in [0.2, 0.25) is 0 Å². The molecule has 106 valence electrons. The zero-order valence-electron chi connectivity index (χ0n) is 10.8. The Kier molecular flexibility index (Phi) is 20.4. The maximum atomic E-state index is 8.17. The Balaban J connectivity index is 0. The average Bonchev–Trinajstić information content (AvgIpc) is 2.37. The van der Waals surface area contributed by atoms with Crippen molar-refractivity contribution in [2.75, 3.05) is 52.9 Å². The highest BCUT2D eigenvalue weighted by Gasteiger charge is 1.93. The fraction of sp³-hybridized carbons (Fsp3) is 1.00. The Labute approximate surface area is 103 Å². The van der Waals surface area contributed by atoms with Crippen LogP contribution in [0.15, 0.2) is 0 Å². The van der Waals surface area contributed by atoms with Gasteiger partial charge in [0.25, 0.3) is 0 Å². The Hall–Kier alpha value is -0.240. The number of hydrogen-bond donors (Lipinski definition) is 3. The van der Waals surface area contributed by atoms with Gasteiger partial charge in [-0.25, -0.2) is 0 Å². The lowest BCUT2D eigenvalue weighted by atomic mass is 10.4. The molecule has 0 spiro atoms. The van der Waals surface area contributed by atoms with E-state index in [0.29, 0.717) is 26.4 Å². The van der Waals surface area contributed by atoms with E-state index in [-0.39, 0.29) is 13.2 Å². The van der Waals surface area contributed by atoms with E-state index in [2.05, 4.69) is 0 Å². The van der Waals surface area contributed by atoms with Crippen LogP contribution in [0, 0.1) is 0 Å². The molecule has 6 nitrogen and oxygen atoms in total. The highest BCUT2D eigenvalue weighted by atomic mass is 16.5.